The van der Waals surface area contributed by atoms with Gasteiger partial charge in [-0.25, -0.2) is 4.39 Å². The summed E-state index contributed by atoms with van der Waals surface area (Å²) in [6, 6.07) is 18.5. The second-order valence-corrected chi connectivity index (χ2v) is 12.1. The van der Waals surface area contributed by atoms with E-state index in [1.807, 2.05) is 38.1 Å². The van der Waals surface area contributed by atoms with Gasteiger partial charge in [-0.3, -0.25) is 19.7 Å². The molecule has 45 heavy (non-hydrogen) atoms. The van der Waals surface area contributed by atoms with Gasteiger partial charge < -0.3 is 9.26 Å². The third-order valence-electron chi connectivity index (χ3n) is 9.56. The predicted molar refractivity (Wildman–Crippen MR) is 162 cm³/mol. The summed E-state index contributed by atoms with van der Waals surface area (Å²) in [5.41, 5.74) is 1.90. The molecule has 0 bridgehead atoms. The first-order valence-corrected chi connectivity index (χ1v) is 14.7. The lowest BCUT2D eigenvalue weighted by molar-refractivity contribution is -0.387. The number of rotatable bonds is 4. The zero-order valence-electron chi connectivity index (χ0n) is 25.0. The van der Waals surface area contributed by atoms with Gasteiger partial charge in [0.25, 0.3) is 5.91 Å². The van der Waals surface area contributed by atoms with Gasteiger partial charge in [-0.1, -0.05) is 47.1 Å². The highest BCUT2D eigenvalue weighted by Crippen LogP contribution is 2.63. The SMILES string of the molecule is CC1=NN(c2ccccc2)C(=O)[C@]12C[C@@H]1C(=O)c3cc(F)ccc3O[C@H]1[C@H](c1onc(C)c1[N+](=O)[O-])[C@H]2c1ccc(C)cc1C. The summed E-state index contributed by atoms with van der Waals surface area (Å²) in [6.45, 7) is 7.10. The molecular formula is C34H29FN4O6. The van der Waals surface area contributed by atoms with Crippen LogP contribution < -0.4 is 9.75 Å². The number of ether oxygens (including phenoxy) is 1. The second kappa shape index (κ2) is 10.2. The Bertz CT molecular complexity index is 1940. The van der Waals surface area contributed by atoms with Crippen molar-refractivity contribution in [3.8, 4) is 5.75 Å². The Hall–Kier alpha value is -5.19. The van der Waals surface area contributed by atoms with E-state index >= 15 is 0 Å². The summed E-state index contributed by atoms with van der Waals surface area (Å²) in [5.74, 6) is -4.15. The summed E-state index contributed by atoms with van der Waals surface area (Å²) >= 11 is 0. The molecule has 4 aromatic rings. The Kier molecular flexibility index (Phi) is 6.47. The van der Waals surface area contributed by atoms with Crippen molar-refractivity contribution in [1.29, 1.82) is 0 Å². The minimum Gasteiger partial charge on any atom is -0.488 e. The van der Waals surface area contributed by atoms with Crippen LogP contribution in [0.2, 0.25) is 0 Å². The van der Waals surface area contributed by atoms with E-state index in [0.29, 0.717) is 11.4 Å². The summed E-state index contributed by atoms with van der Waals surface area (Å²) in [5, 5.41) is 22.6. The molecule has 3 heterocycles. The number of ketones is 1. The fraction of sp³-hybridized carbons (Fsp3) is 0.294. The summed E-state index contributed by atoms with van der Waals surface area (Å²) in [7, 11) is 0. The third-order valence-corrected chi connectivity index (χ3v) is 9.56. The number of carbonyl (C=O) groups excluding carboxylic acids is 2. The standard InChI is InChI=1S/C34H29FN4O6/c1-17-10-12-23(18(2)14-17)28-27(32-29(39(42)43)19(3)37-45-32)31-25(30(40)24-15-21(35)11-13-26(24)44-31)16-34(28)20(4)36-38(33(34)41)22-8-6-5-7-9-22/h5-15,25,27-28,31H,16H2,1-4H3/t25-,27-,28-,31-,34-/m1/s1. The van der Waals surface area contributed by atoms with Crippen LogP contribution in [0.1, 0.15) is 63.7 Å². The number of anilines is 1. The van der Waals surface area contributed by atoms with Crippen LogP contribution in [0.25, 0.3) is 0 Å². The normalized spacial score (nSPS) is 25.5. The summed E-state index contributed by atoms with van der Waals surface area (Å²) in [6.07, 6.45) is -1.01. The molecule has 1 spiro atoms. The number of fused-ring (bicyclic) bond motifs is 2. The van der Waals surface area contributed by atoms with Gasteiger partial charge in [-0.2, -0.15) is 10.1 Å². The molecule has 1 amide bonds. The van der Waals surface area contributed by atoms with E-state index in [9.17, 15) is 24.1 Å². The van der Waals surface area contributed by atoms with Crippen LogP contribution in [0.5, 0.6) is 5.75 Å². The Morgan fingerprint density at radius 2 is 1.78 bits per heavy atom. The smallest absolute Gasteiger partial charge is 0.334 e. The Morgan fingerprint density at radius 3 is 2.49 bits per heavy atom. The van der Waals surface area contributed by atoms with Crippen molar-refractivity contribution in [2.45, 2.75) is 52.1 Å². The number of benzene rings is 3. The number of hydrazone groups is 1. The second-order valence-electron chi connectivity index (χ2n) is 12.1. The molecule has 0 unspecified atom stereocenters. The number of nitro groups is 1. The van der Waals surface area contributed by atoms with Gasteiger partial charge in [-0.05, 0) is 75.6 Å². The highest BCUT2D eigenvalue weighted by molar-refractivity contribution is 6.20. The zero-order valence-corrected chi connectivity index (χ0v) is 25.0. The maximum atomic E-state index is 15.0. The van der Waals surface area contributed by atoms with E-state index in [4.69, 9.17) is 14.4 Å². The number of aromatic nitrogens is 1. The first kappa shape index (κ1) is 28.6. The number of aryl methyl sites for hydroxylation is 3. The minimum atomic E-state index is -1.44. The monoisotopic (exact) mass is 608 g/mol. The number of halogens is 1. The van der Waals surface area contributed by atoms with Crippen LogP contribution in [0.15, 0.2) is 76.4 Å². The number of hydrogen-bond donors (Lipinski definition) is 0. The largest absolute Gasteiger partial charge is 0.488 e. The lowest BCUT2D eigenvalue weighted by Gasteiger charge is -2.51. The molecule has 7 rings (SSSR count). The first-order chi connectivity index (χ1) is 21.5. The molecule has 0 N–H and O–H groups in total. The Balaban J connectivity index is 1.54. The average molecular weight is 609 g/mol. The van der Waals surface area contributed by atoms with E-state index in [1.165, 1.54) is 24.1 Å². The van der Waals surface area contributed by atoms with E-state index < -0.39 is 45.8 Å². The fourth-order valence-corrected chi connectivity index (χ4v) is 7.60. The molecule has 3 aliphatic rings. The Morgan fingerprint density at radius 1 is 1.02 bits per heavy atom. The van der Waals surface area contributed by atoms with E-state index in [0.717, 1.165) is 22.8 Å². The molecule has 0 saturated heterocycles. The van der Waals surface area contributed by atoms with Crippen molar-refractivity contribution >= 4 is 28.8 Å². The number of amides is 1. The van der Waals surface area contributed by atoms with Crippen molar-refractivity contribution in [3.05, 3.63) is 116 Å². The maximum absolute atomic E-state index is 15.0. The van der Waals surface area contributed by atoms with Gasteiger partial charge in [0.15, 0.2) is 11.5 Å². The van der Waals surface area contributed by atoms with Crippen molar-refractivity contribution in [2.24, 2.45) is 16.4 Å². The van der Waals surface area contributed by atoms with Crippen molar-refractivity contribution < 1.29 is 28.2 Å². The predicted octanol–water partition coefficient (Wildman–Crippen LogP) is 6.59. The molecule has 11 heteroatoms. The van der Waals surface area contributed by atoms with Gasteiger partial charge in [0.2, 0.25) is 5.76 Å². The molecule has 3 aromatic carbocycles. The molecule has 1 fully saturated rings. The minimum absolute atomic E-state index is 0.0145. The van der Waals surface area contributed by atoms with Gasteiger partial charge in [0, 0.05) is 5.92 Å². The fourth-order valence-electron chi connectivity index (χ4n) is 7.60. The van der Waals surface area contributed by atoms with Crippen LogP contribution in [0.4, 0.5) is 15.8 Å². The lowest BCUT2D eigenvalue weighted by atomic mass is 9.51. The molecule has 228 valence electrons. The zero-order chi connectivity index (χ0) is 31.8. The van der Waals surface area contributed by atoms with E-state index in [2.05, 4.69) is 5.16 Å². The van der Waals surface area contributed by atoms with Crippen LogP contribution in [-0.4, -0.2) is 33.6 Å². The summed E-state index contributed by atoms with van der Waals surface area (Å²) in [4.78, 5) is 41.2. The highest BCUT2D eigenvalue weighted by atomic mass is 19.1. The topological polar surface area (TPSA) is 128 Å². The number of para-hydroxylation sites is 1. The van der Waals surface area contributed by atoms with Crippen LogP contribution in [0, 0.1) is 48.0 Å². The van der Waals surface area contributed by atoms with Crippen LogP contribution in [0.3, 0.4) is 0 Å². The van der Waals surface area contributed by atoms with Crippen LogP contribution >= 0.6 is 0 Å². The summed E-state index contributed by atoms with van der Waals surface area (Å²) < 4.78 is 26.7. The molecule has 5 atom stereocenters. The molecule has 0 radical (unpaired) electrons. The van der Waals surface area contributed by atoms with E-state index in [1.54, 1.807) is 31.2 Å². The third kappa shape index (κ3) is 4.13. The Labute approximate surface area is 257 Å². The number of Topliss-reactive ketones (excluding diaryl/α,β-unsaturated/α-hetero) is 1. The van der Waals surface area contributed by atoms with Crippen molar-refractivity contribution in [1.82, 2.24) is 5.16 Å². The molecule has 1 aromatic heterocycles. The molecule has 1 saturated carbocycles. The van der Waals surface area contributed by atoms with E-state index in [-0.39, 0.29) is 40.8 Å². The quantitative estimate of drug-likeness (QED) is 0.189. The molecule has 1 aliphatic carbocycles. The number of hydrogen-bond acceptors (Lipinski definition) is 8. The maximum Gasteiger partial charge on any atom is 0.334 e. The number of nitrogens with zero attached hydrogens (tertiary/aromatic N) is 4. The lowest BCUT2D eigenvalue weighted by Crippen LogP contribution is -2.58. The van der Waals surface area contributed by atoms with Crippen molar-refractivity contribution in [2.75, 3.05) is 5.01 Å². The number of carbonyl (C=O) groups is 2. The van der Waals surface area contributed by atoms with Gasteiger partial charge >= 0.3 is 5.69 Å². The highest BCUT2D eigenvalue weighted by Gasteiger charge is 2.67. The van der Waals surface area contributed by atoms with Gasteiger partial charge in [0.1, 0.15) is 17.7 Å². The molecule has 10 nitrogen and oxygen atoms in total. The van der Waals surface area contributed by atoms with Crippen molar-refractivity contribution in [3.63, 3.8) is 0 Å². The van der Waals surface area contributed by atoms with Gasteiger partial charge in [-0.15, -0.1) is 0 Å². The first-order valence-electron chi connectivity index (χ1n) is 14.7. The van der Waals surface area contributed by atoms with Crippen LogP contribution in [-0.2, 0) is 4.79 Å². The molecular weight excluding hydrogens is 579 g/mol. The molecule has 2 aliphatic heterocycles. The van der Waals surface area contributed by atoms with Gasteiger partial charge in [0.05, 0.1) is 39.1 Å². The average Bonchev–Trinajstić information content (AvgIpc) is 3.51.